The molecule has 2 aromatic rings. The van der Waals surface area contributed by atoms with Gasteiger partial charge in [0.15, 0.2) is 5.82 Å². The number of hydrogen-bond donors (Lipinski definition) is 1. The van der Waals surface area contributed by atoms with Crippen LogP contribution in [-0.4, -0.2) is 22.6 Å². The molecule has 0 fully saturated rings. The Morgan fingerprint density at radius 3 is 2.71 bits per heavy atom. The maximum Gasteiger partial charge on any atom is 0.390 e. The average molecular weight is 303 g/mol. The van der Waals surface area contributed by atoms with Crippen LogP contribution in [0.25, 0.3) is 10.9 Å². The predicted molar refractivity (Wildman–Crippen MR) is 67.5 cm³/mol. The SMILES string of the molecule is O=[N+]([O-])c1cc(F)c(NCCC(F)(F)F)c2ncccc12. The van der Waals surface area contributed by atoms with Gasteiger partial charge in [-0.3, -0.25) is 15.1 Å². The van der Waals surface area contributed by atoms with Crippen molar-refractivity contribution in [3.8, 4) is 0 Å². The highest BCUT2D eigenvalue weighted by molar-refractivity contribution is 5.97. The average Bonchev–Trinajstić information content (AvgIpc) is 2.39. The lowest BCUT2D eigenvalue weighted by molar-refractivity contribution is -0.383. The fraction of sp³-hybridized carbons (Fsp3) is 0.250. The van der Waals surface area contributed by atoms with Crippen LogP contribution < -0.4 is 5.32 Å². The molecule has 1 heterocycles. The molecule has 2 rings (SSSR count). The molecule has 21 heavy (non-hydrogen) atoms. The van der Waals surface area contributed by atoms with Gasteiger partial charge in [-0.2, -0.15) is 13.2 Å². The number of nitro groups is 1. The molecule has 0 atom stereocenters. The number of pyridine rings is 1. The quantitative estimate of drug-likeness (QED) is 0.532. The van der Waals surface area contributed by atoms with E-state index < -0.39 is 35.6 Å². The molecule has 0 saturated heterocycles. The van der Waals surface area contributed by atoms with Crippen molar-refractivity contribution in [2.45, 2.75) is 12.6 Å². The van der Waals surface area contributed by atoms with Gasteiger partial charge in [0.1, 0.15) is 5.52 Å². The summed E-state index contributed by atoms with van der Waals surface area (Å²) in [6.07, 6.45) is -4.26. The minimum Gasteiger partial charge on any atom is -0.381 e. The lowest BCUT2D eigenvalue weighted by Crippen LogP contribution is -2.15. The maximum atomic E-state index is 13.9. The molecular formula is C12H9F4N3O2. The molecule has 5 nitrogen and oxygen atoms in total. The van der Waals surface area contributed by atoms with Gasteiger partial charge in [0.2, 0.25) is 0 Å². The zero-order chi connectivity index (χ0) is 15.6. The monoisotopic (exact) mass is 303 g/mol. The first kappa shape index (κ1) is 14.9. The summed E-state index contributed by atoms with van der Waals surface area (Å²) < 4.78 is 50.2. The molecule has 9 heteroatoms. The first-order valence-corrected chi connectivity index (χ1v) is 5.82. The van der Waals surface area contributed by atoms with Crippen LogP contribution in [0.1, 0.15) is 6.42 Å². The van der Waals surface area contributed by atoms with Crippen molar-refractivity contribution in [3.05, 3.63) is 40.3 Å². The van der Waals surface area contributed by atoms with E-state index in [1.807, 2.05) is 0 Å². The van der Waals surface area contributed by atoms with E-state index in [2.05, 4.69) is 10.3 Å². The largest absolute Gasteiger partial charge is 0.390 e. The Morgan fingerprint density at radius 1 is 1.38 bits per heavy atom. The summed E-state index contributed by atoms with van der Waals surface area (Å²) in [6.45, 7) is -0.552. The minimum atomic E-state index is -4.38. The number of fused-ring (bicyclic) bond motifs is 1. The number of nitrogens with one attached hydrogen (secondary N) is 1. The normalized spacial score (nSPS) is 11.6. The van der Waals surface area contributed by atoms with Gasteiger partial charge < -0.3 is 5.32 Å². The highest BCUT2D eigenvalue weighted by Gasteiger charge is 2.27. The number of rotatable bonds is 4. The molecule has 0 aliphatic rings. The van der Waals surface area contributed by atoms with Crippen LogP contribution >= 0.6 is 0 Å². The van der Waals surface area contributed by atoms with Crippen LogP contribution in [0.15, 0.2) is 24.4 Å². The third kappa shape index (κ3) is 3.36. The summed E-state index contributed by atoms with van der Waals surface area (Å²) in [6, 6.07) is 3.45. The standard InChI is InChI=1S/C12H9F4N3O2/c13-8-6-9(19(20)21)7-2-1-4-17-10(7)11(8)18-5-3-12(14,15)16/h1-2,4,6,18H,3,5H2. The van der Waals surface area contributed by atoms with Gasteiger partial charge in [0.25, 0.3) is 5.69 Å². The first-order chi connectivity index (χ1) is 9.79. The number of nitrogens with zero attached hydrogens (tertiary/aromatic N) is 2. The van der Waals surface area contributed by atoms with Crippen LogP contribution in [0.2, 0.25) is 0 Å². The Balaban J connectivity index is 2.42. The molecule has 0 unspecified atom stereocenters. The summed E-state index contributed by atoms with van der Waals surface area (Å²) in [5.41, 5.74) is -0.844. The van der Waals surface area contributed by atoms with Crippen LogP contribution in [0.5, 0.6) is 0 Å². The molecule has 0 radical (unpaired) electrons. The number of anilines is 1. The highest BCUT2D eigenvalue weighted by Crippen LogP contribution is 2.32. The van der Waals surface area contributed by atoms with E-state index in [0.717, 1.165) is 0 Å². The molecule has 112 valence electrons. The van der Waals surface area contributed by atoms with Gasteiger partial charge in [0.05, 0.1) is 28.5 Å². The van der Waals surface area contributed by atoms with E-state index >= 15 is 0 Å². The fourth-order valence-corrected chi connectivity index (χ4v) is 1.84. The summed E-state index contributed by atoms with van der Waals surface area (Å²) in [4.78, 5) is 13.9. The second-order valence-corrected chi connectivity index (χ2v) is 4.20. The van der Waals surface area contributed by atoms with Crippen molar-refractivity contribution in [1.82, 2.24) is 4.98 Å². The number of nitro benzene ring substituents is 1. The van der Waals surface area contributed by atoms with E-state index in [-0.39, 0.29) is 16.6 Å². The molecule has 0 aliphatic carbocycles. The topological polar surface area (TPSA) is 68.1 Å². The first-order valence-electron chi connectivity index (χ1n) is 5.82. The Kier molecular flexibility index (Phi) is 3.92. The number of hydrogen-bond acceptors (Lipinski definition) is 4. The second-order valence-electron chi connectivity index (χ2n) is 4.20. The van der Waals surface area contributed by atoms with Gasteiger partial charge in [-0.1, -0.05) is 0 Å². The zero-order valence-corrected chi connectivity index (χ0v) is 10.4. The van der Waals surface area contributed by atoms with Crippen molar-refractivity contribution in [3.63, 3.8) is 0 Å². The molecule has 0 amide bonds. The maximum absolute atomic E-state index is 13.9. The molecule has 0 saturated carbocycles. The third-order valence-corrected chi connectivity index (χ3v) is 2.73. The lowest BCUT2D eigenvalue weighted by Gasteiger charge is -2.11. The van der Waals surface area contributed by atoms with Crippen LogP contribution in [0.3, 0.4) is 0 Å². The van der Waals surface area contributed by atoms with Crippen molar-refractivity contribution in [1.29, 1.82) is 0 Å². The third-order valence-electron chi connectivity index (χ3n) is 2.73. The van der Waals surface area contributed by atoms with Crippen LogP contribution in [-0.2, 0) is 0 Å². The summed E-state index contributed by atoms with van der Waals surface area (Å²) in [5.74, 6) is -1.02. The number of benzene rings is 1. The smallest absolute Gasteiger partial charge is 0.381 e. The van der Waals surface area contributed by atoms with Crippen molar-refractivity contribution in [2.75, 3.05) is 11.9 Å². The van der Waals surface area contributed by atoms with Crippen molar-refractivity contribution >= 4 is 22.3 Å². The van der Waals surface area contributed by atoms with Gasteiger partial charge in [0, 0.05) is 12.7 Å². The van der Waals surface area contributed by atoms with Crippen molar-refractivity contribution < 1.29 is 22.5 Å². The number of aromatic nitrogens is 1. The summed E-state index contributed by atoms with van der Waals surface area (Å²) in [5, 5.41) is 13.2. The number of halogens is 4. The molecule has 1 aromatic heterocycles. The van der Waals surface area contributed by atoms with E-state index in [0.29, 0.717) is 6.07 Å². The Bertz CT molecular complexity index is 688. The highest BCUT2D eigenvalue weighted by atomic mass is 19.4. The number of non-ortho nitro benzene ring substituents is 1. The molecule has 1 N–H and O–H groups in total. The predicted octanol–water partition coefficient (Wildman–Crippen LogP) is 3.65. The minimum absolute atomic E-state index is 0.0541. The molecule has 0 aliphatic heterocycles. The molecular weight excluding hydrogens is 294 g/mol. The van der Waals surface area contributed by atoms with Crippen molar-refractivity contribution in [2.24, 2.45) is 0 Å². The fourth-order valence-electron chi connectivity index (χ4n) is 1.84. The van der Waals surface area contributed by atoms with E-state index in [1.54, 1.807) is 0 Å². The second kappa shape index (κ2) is 5.51. The van der Waals surface area contributed by atoms with Gasteiger partial charge in [-0.15, -0.1) is 0 Å². The lowest BCUT2D eigenvalue weighted by atomic mass is 10.1. The van der Waals surface area contributed by atoms with Gasteiger partial charge in [-0.25, -0.2) is 4.39 Å². The Morgan fingerprint density at radius 2 is 2.10 bits per heavy atom. The summed E-state index contributed by atoms with van der Waals surface area (Å²) in [7, 11) is 0. The van der Waals surface area contributed by atoms with Crippen LogP contribution in [0, 0.1) is 15.9 Å². The van der Waals surface area contributed by atoms with Gasteiger partial charge in [-0.05, 0) is 12.1 Å². The molecule has 1 aromatic carbocycles. The Hall–Kier alpha value is -2.45. The molecule has 0 spiro atoms. The number of alkyl halides is 3. The van der Waals surface area contributed by atoms with Gasteiger partial charge >= 0.3 is 6.18 Å². The summed E-state index contributed by atoms with van der Waals surface area (Å²) >= 11 is 0. The van der Waals surface area contributed by atoms with Crippen LogP contribution in [0.4, 0.5) is 28.9 Å². The molecule has 0 bridgehead atoms. The van der Waals surface area contributed by atoms with E-state index in [9.17, 15) is 27.7 Å². The zero-order valence-electron chi connectivity index (χ0n) is 10.4. The Labute approximate surface area is 115 Å². The van der Waals surface area contributed by atoms with E-state index in [1.165, 1.54) is 18.3 Å². The van der Waals surface area contributed by atoms with E-state index in [4.69, 9.17) is 0 Å².